The summed E-state index contributed by atoms with van der Waals surface area (Å²) in [5.41, 5.74) is 0. The van der Waals surface area contributed by atoms with E-state index in [0.717, 1.165) is 19.3 Å². The third kappa shape index (κ3) is 6.23. The summed E-state index contributed by atoms with van der Waals surface area (Å²) in [6, 6.07) is 0. The van der Waals surface area contributed by atoms with Gasteiger partial charge >= 0.3 is 57.4 Å². The third-order valence-electron chi connectivity index (χ3n) is 2.30. The van der Waals surface area contributed by atoms with E-state index in [2.05, 4.69) is 0 Å². The molecule has 0 atom stereocenters. The van der Waals surface area contributed by atoms with Gasteiger partial charge in [-0.05, 0) is 32.1 Å². The van der Waals surface area contributed by atoms with Crippen LogP contribution in [-0.4, -0.2) is 63.5 Å². The predicted molar refractivity (Wildman–Crippen MR) is 55.0 cm³/mol. The summed E-state index contributed by atoms with van der Waals surface area (Å²) in [5.74, 6) is -0.00981. The molecule has 0 aromatic carbocycles. The van der Waals surface area contributed by atoms with Crippen LogP contribution in [0.15, 0.2) is 0 Å². The SMILES string of the molecule is CCCC(=O)OC1CCCCC1.[KH]. The summed E-state index contributed by atoms with van der Waals surface area (Å²) in [7, 11) is 0. The Labute approximate surface area is 123 Å². The average molecular weight is 210 g/mol. The molecule has 0 unspecified atom stereocenters. The maximum atomic E-state index is 11.1. The summed E-state index contributed by atoms with van der Waals surface area (Å²) < 4.78 is 5.29. The topological polar surface area (TPSA) is 26.3 Å². The Morgan fingerprint density at radius 2 is 1.92 bits per heavy atom. The zero-order chi connectivity index (χ0) is 8.81. The Morgan fingerprint density at radius 3 is 2.46 bits per heavy atom. The van der Waals surface area contributed by atoms with Crippen molar-refractivity contribution in [2.24, 2.45) is 0 Å². The van der Waals surface area contributed by atoms with Gasteiger partial charge in [-0.1, -0.05) is 13.3 Å². The van der Waals surface area contributed by atoms with Gasteiger partial charge in [0.25, 0.3) is 0 Å². The fourth-order valence-electron chi connectivity index (χ4n) is 1.63. The van der Waals surface area contributed by atoms with Gasteiger partial charge in [0.2, 0.25) is 0 Å². The van der Waals surface area contributed by atoms with E-state index in [9.17, 15) is 4.79 Å². The van der Waals surface area contributed by atoms with Crippen molar-refractivity contribution in [3.63, 3.8) is 0 Å². The molecule has 0 heterocycles. The van der Waals surface area contributed by atoms with Gasteiger partial charge in [-0.25, -0.2) is 0 Å². The molecule has 0 N–H and O–H groups in total. The van der Waals surface area contributed by atoms with E-state index >= 15 is 0 Å². The first-order valence-corrected chi connectivity index (χ1v) is 5.02. The van der Waals surface area contributed by atoms with Crippen molar-refractivity contribution in [3.8, 4) is 0 Å². The Bertz CT molecular complexity index is 142. The molecule has 1 saturated carbocycles. The van der Waals surface area contributed by atoms with Gasteiger partial charge in [0.05, 0.1) is 0 Å². The summed E-state index contributed by atoms with van der Waals surface area (Å²) in [4.78, 5) is 11.1. The molecule has 0 amide bonds. The Hall–Kier alpha value is 1.11. The second-order valence-electron chi connectivity index (χ2n) is 3.50. The summed E-state index contributed by atoms with van der Waals surface area (Å²) in [6.07, 6.45) is 7.63. The molecule has 0 radical (unpaired) electrons. The van der Waals surface area contributed by atoms with Crippen molar-refractivity contribution in [1.29, 1.82) is 0 Å². The van der Waals surface area contributed by atoms with Crippen LogP contribution in [0, 0.1) is 0 Å². The van der Waals surface area contributed by atoms with E-state index in [-0.39, 0.29) is 63.5 Å². The average Bonchev–Trinajstić information content (AvgIpc) is 2.06. The maximum absolute atomic E-state index is 11.1. The quantitative estimate of drug-likeness (QED) is 0.526. The first kappa shape index (κ1) is 14.1. The normalized spacial score (nSPS) is 17.6. The Balaban J connectivity index is 0.00000144. The first-order valence-electron chi connectivity index (χ1n) is 5.02. The van der Waals surface area contributed by atoms with Crippen molar-refractivity contribution < 1.29 is 9.53 Å². The van der Waals surface area contributed by atoms with Crippen LogP contribution in [0.2, 0.25) is 0 Å². The van der Waals surface area contributed by atoms with Gasteiger partial charge in [0.1, 0.15) is 6.10 Å². The molecule has 2 nitrogen and oxygen atoms in total. The minimum atomic E-state index is -0.00981. The van der Waals surface area contributed by atoms with Crippen molar-refractivity contribution >= 4 is 57.4 Å². The number of carbonyl (C=O) groups excluding carboxylic acids is 1. The molecule has 1 aliphatic carbocycles. The zero-order valence-electron chi connectivity index (χ0n) is 7.84. The molecule has 0 bridgehead atoms. The van der Waals surface area contributed by atoms with Crippen LogP contribution in [0.3, 0.4) is 0 Å². The van der Waals surface area contributed by atoms with Crippen molar-refractivity contribution in [3.05, 3.63) is 0 Å². The number of hydrogen-bond donors (Lipinski definition) is 0. The van der Waals surface area contributed by atoms with Crippen LogP contribution < -0.4 is 0 Å². The summed E-state index contributed by atoms with van der Waals surface area (Å²) >= 11 is 0. The molecule has 0 aliphatic heterocycles. The van der Waals surface area contributed by atoms with Gasteiger partial charge in [0, 0.05) is 6.42 Å². The number of carbonyl (C=O) groups is 1. The first-order chi connectivity index (χ1) is 5.83. The summed E-state index contributed by atoms with van der Waals surface area (Å²) in [6.45, 7) is 2.00. The molecule has 1 rings (SSSR count). The van der Waals surface area contributed by atoms with Crippen LogP contribution in [0.4, 0.5) is 0 Å². The molecule has 3 heteroatoms. The number of hydrogen-bond acceptors (Lipinski definition) is 2. The van der Waals surface area contributed by atoms with Crippen LogP contribution in [-0.2, 0) is 9.53 Å². The number of ether oxygens (including phenoxy) is 1. The van der Waals surface area contributed by atoms with Gasteiger partial charge in [-0.15, -0.1) is 0 Å². The molecule has 0 spiro atoms. The third-order valence-corrected chi connectivity index (χ3v) is 2.30. The van der Waals surface area contributed by atoms with Gasteiger partial charge in [-0.3, -0.25) is 4.79 Å². The van der Waals surface area contributed by atoms with E-state index in [1.807, 2.05) is 6.92 Å². The minimum absolute atomic E-state index is 0. The Kier molecular flexibility index (Phi) is 9.13. The predicted octanol–water partition coefficient (Wildman–Crippen LogP) is 2.01. The second-order valence-corrected chi connectivity index (χ2v) is 3.50. The van der Waals surface area contributed by atoms with Crippen LogP contribution in [0.25, 0.3) is 0 Å². The van der Waals surface area contributed by atoms with E-state index in [4.69, 9.17) is 4.74 Å². The number of esters is 1. The molecule has 1 fully saturated rings. The molecule has 0 aromatic heterocycles. The fraction of sp³-hybridized carbons (Fsp3) is 0.900. The zero-order valence-corrected chi connectivity index (χ0v) is 7.84. The van der Waals surface area contributed by atoms with Crippen molar-refractivity contribution in [2.75, 3.05) is 0 Å². The van der Waals surface area contributed by atoms with E-state index in [1.165, 1.54) is 19.3 Å². The van der Waals surface area contributed by atoms with Gasteiger partial charge in [-0.2, -0.15) is 0 Å². The second kappa shape index (κ2) is 8.42. The van der Waals surface area contributed by atoms with Crippen molar-refractivity contribution in [2.45, 2.75) is 58.0 Å². The molecular weight excluding hydrogens is 191 g/mol. The number of rotatable bonds is 3. The van der Waals surface area contributed by atoms with E-state index < -0.39 is 0 Å². The molecule has 1 aliphatic rings. The molecule has 0 saturated heterocycles. The van der Waals surface area contributed by atoms with E-state index in [1.54, 1.807) is 0 Å². The molecular formula is C10H19KO2. The van der Waals surface area contributed by atoms with E-state index in [0.29, 0.717) is 6.42 Å². The van der Waals surface area contributed by atoms with Crippen LogP contribution in [0.5, 0.6) is 0 Å². The van der Waals surface area contributed by atoms with Crippen LogP contribution in [0.1, 0.15) is 51.9 Å². The molecule has 13 heavy (non-hydrogen) atoms. The Morgan fingerprint density at radius 1 is 1.31 bits per heavy atom. The summed E-state index contributed by atoms with van der Waals surface area (Å²) in [5, 5.41) is 0. The van der Waals surface area contributed by atoms with Crippen LogP contribution >= 0.6 is 0 Å². The monoisotopic (exact) mass is 210 g/mol. The molecule has 0 aromatic rings. The van der Waals surface area contributed by atoms with Gasteiger partial charge < -0.3 is 4.74 Å². The van der Waals surface area contributed by atoms with Crippen molar-refractivity contribution in [1.82, 2.24) is 0 Å². The van der Waals surface area contributed by atoms with Gasteiger partial charge in [0.15, 0.2) is 0 Å². The fourth-order valence-corrected chi connectivity index (χ4v) is 1.63. The standard InChI is InChI=1S/C10H18O2.K.H/c1-2-6-10(11)12-9-7-4-3-5-8-9;;/h9H,2-8H2,1H3;;. The molecule has 72 valence electrons.